The highest BCUT2D eigenvalue weighted by Crippen LogP contribution is 2.32. The normalized spacial score (nSPS) is 13.3. The van der Waals surface area contributed by atoms with Gasteiger partial charge < -0.3 is 9.84 Å². The van der Waals surface area contributed by atoms with Crippen molar-refractivity contribution in [1.82, 2.24) is 9.78 Å². The molecule has 0 saturated heterocycles. The summed E-state index contributed by atoms with van der Waals surface area (Å²) in [4.78, 5) is 24.6. The Bertz CT molecular complexity index is 675. The van der Waals surface area contributed by atoms with E-state index in [1.165, 1.54) is 4.68 Å². The summed E-state index contributed by atoms with van der Waals surface area (Å²) in [6, 6.07) is 0. The Labute approximate surface area is 149 Å². The van der Waals surface area contributed by atoms with Gasteiger partial charge in [-0.15, -0.1) is 0 Å². The maximum absolute atomic E-state index is 12.5. The molecular formula is C19H30N2O4. The van der Waals surface area contributed by atoms with Crippen molar-refractivity contribution in [2.45, 2.75) is 66.8 Å². The van der Waals surface area contributed by atoms with E-state index in [1.807, 2.05) is 19.9 Å². The second-order valence-corrected chi connectivity index (χ2v) is 6.13. The Morgan fingerprint density at radius 1 is 1.40 bits per heavy atom. The van der Waals surface area contributed by atoms with Crippen LogP contribution in [0, 0.1) is 5.92 Å². The van der Waals surface area contributed by atoms with Crippen LogP contribution in [0.15, 0.2) is 10.9 Å². The molecule has 1 aliphatic carbocycles. The van der Waals surface area contributed by atoms with Gasteiger partial charge in [0.15, 0.2) is 11.3 Å². The van der Waals surface area contributed by atoms with E-state index in [0.717, 1.165) is 31.3 Å². The number of allylic oxidation sites excluding steroid dienone is 2. The molecule has 6 heteroatoms. The molecule has 0 aliphatic heterocycles. The second-order valence-electron chi connectivity index (χ2n) is 6.13. The summed E-state index contributed by atoms with van der Waals surface area (Å²) >= 11 is 0. The van der Waals surface area contributed by atoms with Crippen LogP contribution in [0.5, 0.6) is 5.75 Å². The van der Waals surface area contributed by atoms with Crippen LogP contribution in [0.4, 0.5) is 0 Å². The van der Waals surface area contributed by atoms with Gasteiger partial charge in [0.05, 0.1) is 6.61 Å². The lowest BCUT2D eigenvalue weighted by Gasteiger charge is -2.14. The van der Waals surface area contributed by atoms with Crippen LogP contribution in [-0.4, -0.2) is 27.5 Å². The topological polar surface area (TPSA) is 81.4 Å². The number of carbonyl (C=O) groups is 1. The number of hydrogen-bond donors (Lipinski definition) is 1. The van der Waals surface area contributed by atoms with Crippen molar-refractivity contribution in [1.29, 1.82) is 0 Å². The summed E-state index contributed by atoms with van der Waals surface area (Å²) in [7, 11) is 0. The second kappa shape index (κ2) is 10.0. The number of esters is 1. The van der Waals surface area contributed by atoms with Crippen LogP contribution < -0.4 is 5.56 Å². The smallest absolute Gasteiger partial charge is 0.347 e. The highest BCUT2D eigenvalue weighted by Gasteiger charge is 2.26. The zero-order valence-corrected chi connectivity index (χ0v) is 16.0. The molecule has 0 atom stereocenters. The fourth-order valence-corrected chi connectivity index (χ4v) is 2.58. The number of aryl methyl sites for hydroxylation is 1. The van der Waals surface area contributed by atoms with E-state index >= 15 is 0 Å². The minimum atomic E-state index is -0.796. The Morgan fingerprint density at radius 3 is 2.60 bits per heavy atom. The van der Waals surface area contributed by atoms with E-state index in [4.69, 9.17) is 4.74 Å². The molecule has 0 bridgehead atoms. The van der Waals surface area contributed by atoms with Crippen LogP contribution in [-0.2, 0) is 11.3 Å². The van der Waals surface area contributed by atoms with E-state index in [2.05, 4.69) is 18.9 Å². The summed E-state index contributed by atoms with van der Waals surface area (Å²) < 4.78 is 6.21. The van der Waals surface area contributed by atoms with E-state index in [0.29, 0.717) is 18.2 Å². The molecule has 1 aromatic rings. The van der Waals surface area contributed by atoms with Crippen molar-refractivity contribution < 1.29 is 14.6 Å². The molecule has 0 amide bonds. The monoisotopic (exact) mass is 350 g/mol. The maximum atomic E-state index is 12.5. The first-order chi connectivity index (χ1) is 12.0. The van der Waals surface area contributed by atoms with Crippen molar-refractivity contribution >= 4 is 11.5 Å². The third-order valence-corrected chi connectivity index (χ3v) is 3.87. The van der Waals surface area contributed by atoms with Gasteiger partial charge in [0.1, 0.15) is 5.69 Å². The van der Waals surface area contributed by atoms with Crippen LogP contribution in [0.25, 0.3) is 5.57 Å². The molecule has 140 valence electrons. The van der Waals surface area contributed by atoms with Crippen LogP contribution in [0.3, 0.4) is 0 Å². The predicted molar refractivity (Wildman–Crippen MR) is 98.7 cm³/mol. The van der Waals surface area contributed by atoms with E-state index in [1.54, 1.807) is 6.92 Å². The zero-order chi connectivity index (χ0) is 19.0. The molecule has 1 N–H and O–H groups in total. The first-order valence-electron chi connectivity index (χ1n) is 9.16. The Morgan fingerprint density at radius 2 is 2.08 bits per heavy atom. The fraction of sp³-hybridized carbons (Fsp3) is 0.632. The maximum Gasteiger partial charge on any atom is 0.347 e. The Kier molecular flexibility index (Phi) is 8.38. The van der Waals surface area contributed by atoms with Gasteiger partial charge in [-0.25, -0.2) is 9.48 Å². The summed E-state index contributed by atoms with van der Waals surface area (Å²) in [6.07, 6.45) is 5.44. The number of ether oxygens (including phenoxy) is 1. The number of nitrogens with zero attached hydrogens (tertiary/aromatic N) is 2. The summed E-state index contributed by atoms with van der Waals surface area (Å²) in [5.74, 6) is -0.754. The average molecular weight is 350 g/mol. The van der Waals surface area contributed by atoms with Crippen LogP contribution in [0.1, 0.15) is 76.4 Å². The molecule has 0 radical (unpaired) electrons. The van der Waals surface area contributed by atoms with E-state index in [-0.39, 0.29) is 17.9 Å². The highest BCUT2D eigenvalue weighted by atomic mass is 16.5. The van der Waals surface area contributed by atoms with Crippen molar-refractivity contribution in [3.05, 3.63) is 27.7 Å². The average Bonchev–Trinajstić information content (AvgIpc) is 3.10. The lowest BCUT2D eigenvalue weighted by atomic mass is 10.1. The molecule has 0 saturated carbocycles. The largest absolute Gasteiger partial charge is 0.505 e. The Hall–Kier alpha value is -2.11. The number of hydrogen-bond acceptors (Lipinski definition) is 5. The summed E-state index contributed by atoms with van der Waals surface area (Å²) in [5.41, 5.74) is 0.303. The third-order valence-electron chi connectivity index (χ3n) is 3.87. The summed E-state index contributed by atoms with van der Waals surface area (Å²) in [5, 5.41) is 14.7. The molecule has 2 rings (SSSR count). The minimum absolute atomic E-state index is 0.143. The van der Waals surface area contributed by atoms with Gasteiger partial charge >= 0.3 is 5.97 Å². The van der Waals surface area contributed by atoms with Crippen LogP contribution in [0.2, 0.25) is 0 Å². The molecule has 6 nitrogen and oxygen atoms in total. The fourth-order valence-electron chi connectivity index (χ4n) is 2.58. The van der Waals surface area contributed by atoms with Gasteiger partial charge in [-0.05, 0) is 44.1 Å². The van der Waals surface area contributed by atoms with Crippen molar-refractivity contribution in [3.8, 4) is 5.75 Å². The lowest BCUT2D eigenvalue weighted by molar-refractivity contribution is 0.0519. The van der Waals surface area contributed by atoms with Gasteiger partial charge in [-0.2, -0.15) is 5.10 Å². The SMILES string of the molecule is CC.CCOC(=O)c1c(O)c(C2=CCCC2)nn(CCC(C)C)c1=O. The molecule has 0 fully saturated rings. The van der Waals surface area contributed by atoms with Gasteiger partial charge in [0.25, 0.3) is 5.56 Å². The molecule has 1 heterocycles. The number of rotatable bonds is 6. The van der Waals surface area contributed by atoms with Crippen molar-refractivity contribution in [3.63, 3.8) is 0 Å². The number of aromatic nitrogens is 2. The minimum Gasteiger partial charge on any atom is -0.505 e. The molecular weight excluding hydrogens is 320 g/mol. The Balaban J connectivity index is 0.00000151. The molecule has 25 heavy (non-hydrogen) atoms. The lowest BCUT2D eigenvalue weighted by Crippen LogP contribution is -2.31. The molecule has 1 aliphatic rings. The van der Waals surface area contributed by atoms with Gasteiger partial charge in [0, 0.05) is 6.54 Å². The standard InChI is InChI=1S/C17H24N2O4.C2H6/c1-4-23-17(22)13-15(20)14(12-7-5-6-8-12)18-19(16(13)21)10-9-11(2)3;1-2/h7,11,20H,4-6,8-10H2,1-3H3;1-2H3. The van der Waals surface area contributed by atoms with E-state index < -0.39 is 11.5 Å². The number of carbonyl (C=O) groups excluding carboxylic acids is 1. The molecule has 1 aromatic heterocycles. The van der Waals surface area contributed by atoms with Gasteiger partial charge in [0.2, 0.25) is 0 Å². The zero-order valence-electron chi connectivity index (χ0n) is 16.0. The molecule has 0 unspecified atom stereocenters. The first-order valence-corrected chi connectivity index (χ1v) is 9.16. The summed E-state index contributed by atoms with van der Waals surface area (Å²) in [6.45, 7) is 10.3. The van der Waals surface area contributed by atoms with E-state index in [9.17, 15) is 14.7 Å². The third kappa shape index (κ3) is 5.18. The molecule has 0 aromatic carbocycles. The quantitative estimate of drug-likeness (QED) is 0.790. The van der Waals surface area contributed by atoms with Crippen molar-refractivity contribution in [2.24, 2.45) is 5.92 Å². The van der Waals surface area contributed by atoms with Gasteiger partial charge in [-0.1, -0.05) is 33.8 Å². The first kappa shape index (κ1) is 20.9. The van der Waals surface area contributed by atoms with Gasteiger partial charge in [-0.3, -0.25) is 4.79 Å². The highest BCUT2D eigenvalue weighted by molar-refractivity contribution is 5.93. The van der Waals surface area contributed by atoms with Crippen molar-refractivity contribution in [2.75, 3.05) is 6.61 Å². The predicted octanol–water partition coefficient (Wildman–Crippen LogP) is 3.77. The molecule has 0 spiro atoms. The number of aromatic hydroxyl groups is 1. The van der Waals surface area contributed by atoms with Crippen LogP contribution >= 0.6 is 0 Å².